The quantitative estimate of drug-likeness (QED) is 0.827. The van der Waals surface area contributed by atoms with Crippen molar-refractivity contribution in [1.82, 2.24) is 24.1 Å². The van der Waals surface area contributed by atoms with E-state index in [2.05, 4.69) is 14.2 Å². The number of hydrogen-bond acceptors (Lipinski definition) is 7. The zero-order valence-electron chi connectivity index (χ0n) is 13.3. The van der Waals surface area contributed by atoms with Gasteiger partial charge in [-0.05, 0) is 24.3 Å². The van der Waals surface area contributed by atoms with Crippen LogP contribution in [0, 0.1) is 0 Å². The lowest BCUT2D eigenvalue weighted by molar-refractivity contribution is -0.130. The summed E-state index contributed by atoms with van der Waals surface area (Å²) in [5.41, 5.74) is 0.692. The van der Waals surface area contributed by atoms with Gasteiger partial charge < -0.3 is 4.90 Å². The van der Waals surface area contributed by atoms with Crippen molar-refractivity contribution < 1.29 is 13.2 Å². The summed E-state index contributed by atoms with van der Waals surface area (Å²) in [5, 5.41) is 2.15. The van der Waals surface area contributed by atoms with Crippen LogP contribution in [0.4, 0.5) is 0 Å². The number of benzene rings is 1. The summed E-state index contributed by atoms with van der Waals surface area (Å²) in [6.45, 7) is 3.29. The first kappa shape index (κ1) is 18.2. The van der Waals surface area contributed by atoms with Crippen molar-refractivity contribution in [2.45, 2.75) is 11.3 Å². The number of nitrogens with zero attached hydrogens (tertiary/aromatic N) is 4. The van der Waals surface area contributed by atoms with Crippen LogP contribution >= 0.6 is 23.1 Å². The molecule has 0 spiro atoms. The number of piperazine rings is 1. The van der Waals surface area contributed by atoms with Crippen molar-refractivity contribution in [3.05, 3.63) is 29.3 Å². The minimum absolute atomic E-state index is 0.0146. The number of amides is 1. The third-order valence-electron chi connectivity index (χ3n) is 3.71. The summed E-state index contributed by atoms with van der Waals surface area (Å²) >= 11 is 6.65. The number of carbonyl (C=O) groups excluding carboxylic acids is 1. The molecule has 1 amide bonds. The molecule has 1 aliphatic rings. The second-order valence-electron chi connectivity index (χ2n) is 5.48. The highest BCUT2D eigenvalue weighted by Crippen LogP contribution is 2.22. The number of sulfonamides is 1. The summed E-state index contributed by atoms with van der Waals surface area (Å²) in [6, 6.07) is 6.85. The third kappa shape index (κ3) is 4.33. The van der Waals surface area contributed by atoms with Crippen molar-refractivity contribution in [2.24, 2.45) is 0 Å². The molecule has 1 aromatic heterocycles. The summed E-state index contributed by atoms with van der Waals surface area (Å²) in [6.07, 6.45) is 0. The van der Waals surface area contributed by atoms with E-state index < -0.39 is 10.0 Å². The molecule has 1 aliphatic heterocycles. The number of halogens is 1. The second-order valence-corrected chi connectivity index (χ2v) is 8.50. The first-order valence-corrected chi connectivity index (χ1v) is 10.1. The Balaban J connectivity index is 1.69. The molecule has 1 N–H and O–H groups in total. The topological polar surface area (TPSA) is 95.5 Å². The number of hydrazine groups is 1. The lowest BCUT2D eigenvalue weighted by Gasteiger charge is -2.33. The highest BCUT2D eigenvalue weighted by Gasteiger charge is 2.26. The highest BCUT2D eigenvalue weighted by atomic mass is 35.5. The van der Waals surface area contributed by atoms with Gasteiger partial charge in [0.1, 0.15) is 0 Å². The fraction of sp³-hybridized carbons (Fsp3) is 0.357. The van der Waals surface area contributed by atoms with Crippen LogP contribution in [0.2, 0.25) is 5.02 Å². The third-order valence-corrected chi connectivity index (χ3v) is 6.41. The van der Waals surface area contributed by atoms with Gasteiger partial charge in [-0.25, -0.2) is 18.4 Å². The Hall–Kier alpha value is -1.59. The molecule has 0 unspecified atom stereocenters. The molecule has 3 rings (SSSR count). The van der Waals surface area contributed by atoms with Crippen LogP contribution in [0.25, 0.3) is 11.4 Å². The maximum absolute atomic E-state index is 12.5. The lowest BCUT2D eigenvalue weighted by Crippen LogP contribution is -2.54. The molecule has 8 nitrogen and oxygen atoms in total. The normalized spacial score (nSPS) is 16.2. The van der Waals surface area contributed by atoms with E-state index in [-0.39, 0.29) is 10.2 Å². The van der Waals surface area contributed by atoms with Crippen LogP contribution in [-0.2, 0) is 14.8 Å². The molecule has 134 valence electrons. The molecule has 11 heteroatoms. The maximum atomic E-state index is 12.5. The molecule has 2 heterocycles. The van der Waals surface area contributed by atoms with Crippen molar-refractivity contribution in [3.8, 4) is 11.4 Å². The Morgan fingerprint density at radius 3 is 2.44 bits per heavy atom. The zero-order valence-corrected chi connectivity index (χ0v) is 15.7. The fourth-order valence-corrected chi connectivity index (χ4v) is 4.34. The molecular weight excluding hydrogens is 386 g/mol. The number of nitrogens with one attached hydrogen (secondary N) is 1. The van der Waals surface area contributed by atoms with Crippen molar-refractivity contribution in [3.63, 3.8) is 0 Å². The highest BCUT2D eigenvalue weighted by molar-refractivity contribution is 7.91. The second kappa shape index (κ2) is 7.34. The predicted octanol–water partition coefficient (Wildman–Crippen LogP) is 1.22. The summed E-state index contributed by atoms with van der Waals surface area (Å²) in [7, 11) is -3.80. The Labute approximate surface area is 154 Å². The van der Waals surface area contributed by atoms with E-state index in [0.717, 1.165) is 11.5 Å². The monoisotopic (exact) mass is 401 g/mol. The molecule has 25 heavy (non-hydrogen) atoms. The van der Waals surface area contributed by atoms with Gasteiger partial charge in [-0.3, -0.25) is 4.79 Å². The molecule has 0 aliphatic carbocycles. The van der Waals surface area contributed by atoms with Gasteiger partial charge in [0.2, 0.25) is 10.2 Å². The van der Waals surface area contributed by atoms with Crippen molar-refractivity contribution in [2.75, 3.05) is 26.2 Å². The average molecular weight is 402 g/mol. The van der Waals surface area contributed by atoms with Gasteiger partial charge in [0.05, 0.1) is 0 Å². The Morgan fingerprint density at radius 2 is 1.84 bits per heavy atom. The van der Waals surface area contributed by atoms with Gasteiger partial charge in [-0.15, -0.1) is 4.83 Å². The molecule has 2 aromatic rings. The Morgan fingerprint density at radius 1 is 1.20 bits per heavy atom. The van der Waals surface area contributed by atoms with Crippen LogP contribution in [0.15, 0.2) is 28.6 Å². The van der Waals surface area contributed by atoms with E-state index in [0.29, 0.717) is 42.6 Å². The molecule has 0 saturated carbocycles. The maximum Gasteiger partial charge on any atom is 0.282 e. The van der Waals surface area contributed by atoms with Crippen molar-refractivity contribution in [1.29, 1.82) is 0 Å². The molecule has 0 bridgehead atoms. The predicted molar refractivity (Wildman–Crippen MR) is 94.5 cm³/mol. The van der Waals surface area contributed by atoms with Gasteiger partial charge in [-0.2, -0.15) is 4.37 Å². The molecule has 1 fully saturated rings. The largest absolute Gasteiger partial charge is 0.340 e. The number of rotatable bonds is 4. The van der Waals surface area contributed by atoms with Crippen LogP contribution in [0.5, 0.6) is 0 Å². The van der Waals surface area contributed by atoms with E-state index in [9.17, 15) is 13.2 Å². The van der Waals surface area contributed by atoms with Crippen LogP contribution in [0.1, 0.15) is 6.92 Å². The Bertz CT molecular complexity index is 861. The van der Waals surface area contributed by atoms with Gasteiger partial charge >= 0.3 is 0 Å². The molecule has 1 aromatic carbocycles. The number of hydrogen-bond donors (Lipinski definition) is 1. The first-order chi connectivity index (χ1) is 11.8. The first-order valence-electron chi connectivity index (χ1n) is 7.48. The van der Waals surface area contributed by atoms with Crippen LogP contribution in [-0.4, -0.2) is 59.8 Å². The SMILES string of the molecule is CC(=O)N1CCN(NS(=O)(=O)c2nc(-c3ccc(Cl)cc3)ns2)CC1. The summed E-state index contributed by atoms with van der Waals surface area (Å²) in [5.74, 6) is 0.322. The van der Waals surface area contributed by atoms with Crippen LogP contribution < -0.4 is 4.83 Å². The molecule has 0 radical (unpaired) electrons. The van der Waals surface area contributed by atoms with E-state index >= 15 is 0 Å². The Kier molecular flexibility index (Phi) is 5.35. The van der Waals surface area contributed by atoms with Gasteiger partial charge in [0, 0.05) is 55.2 Å². The fourth-order valence-electron chi connectivity index (χ4n) is 2.36. The van der Waals surface area contributed by atoms with E-state index in [4.69, 9.17) is 11.6 Å². The van der Waals surface area contributed by atoms with Crippen LogP contribution in [0.3, 0.4) is 0 Å². The minimum atomic E-state index is -3.80. The van der Waals surface area contributed by atoms with Gasteiger partial charge in [-0.1, -0.05) is 11.6 Å². The molecular formula is C14H16ClN5O3S2. The zero-order chi connectivity index (χ0) is 18.0. The van der Waals surface area contributed by atoms with Gasteiger partial charge in [0.15, 0.2) is 5.82 Å². The molecule has 1 saturated heterocycles. The lowest BCUT2D eigenvalue weighted by atomic mass is 10.2. The number of carbonyl (C=O) groups is 1. The molecule has 0 atom stereocenters. The van der Waals surface area contributed by atoms with E-state index in [1.54, 1.807) is 34.2 Å². The smallest absolute Gasteiger partial charge is 0.282 e. The standard InChI is InChI=1S/C14H16ClN5O3S2/c1-10(21)19-6-8-20(9-7-19)18-25(22,23)14-16-13(17-24-14)11-2-4-12(15)5-3-11/h2-5,18H,6-9H2,1H3. The minimum Gasteiger partial charge on any atom is -0.340 e. The summed E-state index contributed by atoms with van der Waals surface area (Å²) in [4.78, 5) is 19.6. The van der Waals surface area contributed by atoms with Crippen molar-refractivity contribution >= 4 is 39.1 Å². The number of aromatic nitrogens is 2. The van der Waals surface area contributed by atoms with Gasteiger partial charge in [0.25, 0.3) is 10.0 Å². The summed E-state index contributed by atoms with van der Waals surface area (Å²) < 4.78 is 28.9. The van der Waals surface area contributed by atoms with E-state index in [1.165, 1.54) is 6.92 Å². The van der Waals surface area contributed by atoms with E-state index in [1.807, 2.05) is 0 Å². The average Bonchev–Trinajstić information content (AvgIpc) is 3.06.